The third kappa shape index (κ3) is 4.34. The summed E-state index contributed by atoms with van der Waals surface area (Å²) in [6.45, 7) is 13.0. The Morgan fingerprint density at radius 1 is 1.00 bits per heavy atom. The number of fused-ring (bicyclic) bond motifs is 5. The lowest BCUT2D eigenvalue weighted by molar-refractivity contribution is -0.128. The summed E-state index contributed by atoms with van der Waals surface area (Å²) in [6, 6.07) is 1.80. The van der Waals surface area contributed by atoms with Crippen molar-refractivity contribution in [2.24, 2.45) is 17.8 Å². The van der Waals surface area contributed by atoms with E-state index < -0.39 is 0 Å². The summed E-state index contributed by atoms with van der Waals surface area (Å²) in [5, 5.41) is 0. The molecule has 3 saturated carbocycles. The average Bonchev–Trinajstić information content (AvgIpc) is 3.13. The first-order chi connectivity index (χ1) is 15.6. The Morgan fingerprint density at radius 3 is 2.16 bits per heavy atom. The van der Waals surface area contributed by atoms with Crippen LogP contribution in [0, 0.1) is 17.8 Å². The topological polar surface area (TPSA) is 49.3 Å². The molecule has 178 valence electrons. The lowest BCUT2D eigenvalue weighted by Gasteiger charge is -2.47. The largest absolute Gasteiger partial charge is 0.332 e. The smallest absolute Gasteiger partial charge is 0.225 e. The van der Waals surface area contributed by atoms with E-state index in [-0.39, 0.29) is 0 Å². The van der Waals surface area contributed by atoms with Gasteiger partial charge < -0.3 is 4.90 Å². The van der Waals surface area contributed by atoms with Crippen molar-refractivity contribution in [3.05, 3.63) is 18.0 Å². The molecule has 5 fully saturated rings. The number of likely N-dealkylation sites (tertiary alicyclic amines) is 1. The Hall–Kier alpha value is -1.49. The van der Waals surface area contributed by atoms with E-state index in [4.69, 9.17) is 9.97 Å². The van der Waals surface area contributed by atoms with Gasteiger partial charge in [-0.2, -0.15) is 0 Å². The molecule has 3 aliphatic carbocycles. The maximum Gasteiger partial charge on any atom is 0.225 e. The number of ketones is 1. The van der Waals surface area contributed by atoms with Crippen LogP contribution in [-0.4, -0.2) is 51.9 Å². The third-order valence-corrected chi connectivity index (χ3v) is 8.96. The summed E-state index contributed by atoms with van der Waals surface area (Å²) in [7, 11) is 0. The molecular weight excluding hydrogens is 396 g/mol. The molecule has 6 rings (SSSR count). The minimum absolute atomic E-state index is 0.322. The van der Waals surface area contributed by atoms with Crippen LogP contribution in [0.4, 0.5) is 5.95 Å². The second kappa shape index (κ2) is 10.2. The fraction of sp³-hybridized carbons (Fsp3) is 0.815. The molecule has 1 aromatic rings. The Labute approximate surface area is 195 Å². The van der Waals surface area contributed by atoms with Crippen LogP contribution < -0.4 is 4.90 Å². The predicted octanol–water partition coefficient (Wildman–Crippen LogP) is 5.45. The summed E-state index contributed by atoms with van der Waals surface area (Å²) in [5.74, 6) is 3.52. The highest BCUT2D eigenvalue weighted by Gasteiger charge is 2.45. The van der Waals surface area contributed by atoms with Gasteiger partial charge in [0.2, 0.25) is 5.95 Å². The normalized spacial score (nSPS) is 34.7. The number of hydrogen-bond acceptors (Lipinski definition) is 5. The number of piperazine rings is 1. The molecule has 5 aliphatic rings. The standard InChI is InChI=1S/C25H38N4O.C2H6/c1-4-16(3)28-14-20-8-9-21(15-28)29(20)25-26-12-19(13-27-25)22-10-18-7-6-17(22)11-23(18)24(30)5-2;1-2/h12-13,16-18,20-23H,4-11,14-15H2,1-3H3;1-2H3/t16?,17?,18?,20?,21?,22-,23-;/m0./s1. The number of anilines is 1. The molecule has 3 heterocycles. The Bertz CT molecular complexity index is 751. The summed E-state index contributed by atoms with van der Waals surface area (Å²) < 4.78 is 0. The average molecular weight is 441 g/mol. The first kappa shape index (κ1) is 23.7. The Balaban J connectivity index is 0.00000119. The first-order valence-corrected chi connectivity index (χ1v) is 13.5. The lowest BCUT2D eigenvalue weighted by Crippen LogP contribution is -2.56. The van der Waals surface area contributed by atoms with Crippen molar-refractivity contribution in [1.82, 2.24) is 14.9 Å². The Morgan fingerprint density at radius 2 is 1.62 bits per heavy atom. The molecule has 0 amide bonds. The maximum atomic E-state index is 12.3. The lowest BCUT2D eigenvalue weighted by atomic mass is 9.57. The predicted molar refractivity (Wildman–Crippen MR) is 131 cm³/mol. The second-order valence-electron chi connectivity index (χ2n) is 10.4. The number of carbonyl (C=O) groups excluding carboxylic acids is 1. The number of hydrogen-bond donors (Lipinski definition) is 0. The minimum Gasteiger partial charge on any atom is -0.332 e. The van der Waals surface area contributed by atoms with Crippen molar-refractivity contribution in [3.8, 4) is 0 Å². The molecule has 2 aliphatic heterocycles. The molecule has 5 heteroatoms. The quantitative estimate of drug-likeness (QED) is 0.588. The van der Waals surface area contributed by atoms with Crippen molar-refractivity contribution in [3.63, 3.8) is 0 Å². The van der Waals surface area contributed by atoms with Crippen LogP contribution in [0.5, 0.6) is 0 Å². The summed E-state index contributed by atoms with van der Waals surface area (Å²) in [4.78, 5) is 27.3. The molecule has 1 aromatic heterocycles. The van der Waals surface area contributed by atoms with Gasteiger partial charge in [-0.1, -0.05) is 27.7 Å². The van der Waals surface area contributed by atoms with Gasteiger partial charge in [-0.3, -0.25) is 9.69 Å². The van der Waals surface area contributed by atoms with E-state index in [9.17, 15) is 4.79 Å². The molecule has 0 radical (unpaired) electrons. The van der Waals surface area contributed by atoms with E-state index >= 15 is 0 Å². The van der Waals surface area contributed by atoms with Crippen molar-refractivity contribution in [2.75, 3.05) is 18.0 Å². The maximum absolute atomic E-state index is 12.3. The van der Waals surface area contributed by atoms with Crippen LogP contribution in [0.2, 0.25) is 0 Å². The summed E-state index contributed by atoms with van der Waals surface area (Å²) in [5.41, 5.74) is 1.31. The Kier molecular flexibility index (Phi) is 7.54. The zero-order chi connectivity index (χ0) is 22.8. The molecule has 5 nitrogen and oxygen atoms in total. The van der Waals surface area contributed by atoms with Crippen LogP contribution in [0.3, 0.4) is 0 Å². The van der Waals surface area contributed by atoms with Crippen LogP contribution >= 0.6 is 0 Å². The zero-order valence-electron chi connectivity index (χ0n) is 21.0. The highest BCUT2D eigenvalue weighted by molar-refractivity contribution is 5.81. The molecule has 0 spiro atoms. The van der Waals surface area contributed by atoms with Gasteiger partial charge in [-0.25, -0.2) is 9.97 Å². The van der Waals surface area contributed by atoms with Gasteiger partial charge >= 0.3 is 0 Å². The van der Waals surface area contributed by atoms with Gasteiger partial charge in [-0.05, 0) is 75.2 Å². The van der Waals surface area contributed by atoms with Gasteiger partial charge in [0.25, 0.3) is 0 Å². The number of rotatable bonds is 6. The van der Waals surface area contributed by atoms with Crippen molar-refractivity contribution in [2.45, 2.75) is 110 Å². The van der Waals surface area contributed by atoms with Crippen LogP contribution in [0.25, 0.3) is 0 Å². The van der Waals surface area contributed by atoms with E-state index in [1.54, 1.807) is 0 Å². The molecule has 0 N–H and O–H groups in total. The zero-order valence-corrected chi connectivity index (χ0v) is 21.0. The van der Waals surface area contributed by atoms with Crippen molar-refractivity contribution < 1.29 is 4.79 Å². The van der Waals surface area contributed by atoms with E-state index in [0.717, 1.165) is 31.9 Å². The molecule has 0 aromatic carbocycles. The fourth-order valence-corrected chi connectivity index (χ4v) is 7.03. The molecule has 7 atom stereocenters. The van der Waals surface area contributed by atoms with E-state index in [1.165, 1.54) is 37.7 Å². The summed E-state index contributed by atoms with van der Waals surface area (Å²) >= 11 is 0. The molecule has 5 unspecified atom stereocenters. The van der Waals surface area contributed by atoms with Gasteiger partial charge in [0.1, 0.15) is 5.78 Å². The molecule has 2 saturated heterocycles. The molecular formula is C27H44N4O. The third-order valence-electron chi connectivity index (χ3n) is 8.96. The number of carbonyl (C=O) groups is 1. The van der Waals surface area contributed by atoms with Crippen molar-refractivity contribution >= 4 is 11.7 Å². The van der Waals surface area contributed by atoms with Gasteiger partial charge in [-0.15, -0.1) is 0 Å². The number of aromatic nitrogens is 2. The number of nitrogens with zero attached hydrogens (tertiary/aromatic N) is 4. The summed E-state index contributed by atoms with van der Waals surface area (Å²) in [6.07, 6.45) is 13.4. The monoisotopic (exact) mass is 440 g/mol. The van der Waals surface area contributed by atoms with Gasteiger partial charge in [0.15, 0.2) is 0 Å². The minimum atomic E-state index is 0.322. The highest BCUT2D eigenvalue weighted by atomic mass is 16.1. The van der Waals surface area contributed by atoms with Crippen LogP contribution in [-0.2, 0) is 4.79 Å². The fourth-order valence-electron chi connectivity index (χ4n) is 7.03. The van der Waals surface area contributed by atoms with E-state index in [1.807, 2.05) is 20.8 Å². The van der Waals surface area contributed by atoms with Gasteiger partial charge in [0, 0.05) is 55.9 Å². The number of Topliss-reactive ketones (excluding diaryl/α,β-unsaturated/α-hetero) is 1. The SMILES string of the molecule is CC.CCC(=O)[C@H]1CC2CCC1C[C@@H]2c1cnc(N2C3CCC2CN(C(C)CC)C3)nc1. The van der Waals surface area contributed by atoms with Crippen molar-refractivity contribution in [1.29, 1.82) is 0 Å². The molecule has 4 bridgehead atoms. The van der Waals surface area contributed by atoms with Crippen LogP contribution in [0.1, 0.15) is 97.5 Å². The first-order valence-electron chi connectivity index (χ1n) is 13.5. The van der Waals surface area contributed by atoms with Gasteiger partial charge in [0.05, 0.1) is 0 Å². The molecule has 32 heavy (non-hydrogen) atoms. The van der Waals surface area contributed by atoms with E-state index in [2.05, 4.69) is 36.0 Å². The van der Waals surface area contributed by atoms with E-state index in [0.29, 0.717) is 54.0 Å². The second-order valence-corrected chi connectivity index (χ2v) is 10.4. The highest BCUT2D eigenvalue weighted by Crippen LogP contribution is 2.52. The van der Waals surface area contributed by atoms with Crippen LogP contribution in [0.15, 0.2) is 12.4 Å².